The van der Waals surface area contributed by atoms with Gasteiger partial charge in [0.2, 0.25) is 0 Å². The summed E-state index contributed by atoms with van der Waals surface area (Å²) >= 11 is 0. The average Bonchev–Trinajstić information content (AvgIpc) is 2.27. The normalized spacial score (nSPS) is 10.1. The SMILES string of the molecule is CCNc1cc(N(C)CCOC)ccn1. The minimum Gasteiger partial charge on any atom is -0.383 e. The predicted molar refractivity (Wildman–Crippen MR) is 63.5 cm³/mol. The summed E-state index contributed by atoms with van der Waals surface area (Å²) in [4.78, 5) is 6.37. The van der Waals surface area contributed by atoms with Crippen molar-refractivity contribution in [1.82, 2.24) is 4.98 Å². The van der Waals surface area contributed by atoms with Crippen molar-refractivity contribution in [2.24, 2.45) is 0 Å². The van der Waals surface area contributed by atoms with Crippen molar-refractivity contribution in [2.45, 2.75) is 6.92 Å². The Kier molecular flexibility index (Phi) is 4.90. The fraction of sp³-hybridized carbons (Fsp3) is 0.545. The molecule has 0 radical (unpaired) electrons. The summed E-state index contributed by atoms with van der Waals surface area (Å²) in [5.74, 6) is 0.916. The molecule has 84 valence electrons. The van der Waals surface area contributed by atoms with Gasteiger partial charge in [0.05, 0.1) is 6.61 Å². The largest absolute Gasteiger partial charge is 0.383 e. The predicted octanol–water partition coefficient (Wildman–Crippen LogP) is 1.60. The zero-order valence-electron chi connectivity index (χ0n) is 9.66. The molecule has 0 aliphatic carbocycles. The van der Waals surface area contributed by atoms with Gasteiger partial charge in [-0.3, -0.25) is 0 Å². The van der Waals surface area contributed by atoms with Crippen LogP contribution in [0.3, 0.4) is 0 Å². The third-order valence-electron chi connectivity index (χ3n) is 2.17. The Hall–Kier alpha value is -1.29. The van der Waals surface area contributed by atoms with Crippen LogP contribution in [0.2, 0.25) is 0 Å². The molecule has 0 fully saturated rings. The highest BCUT2D eigenvalue weighted by Crippen LogP contribution is 2.15. The van der Waals surface area contributed by atoms with Crippen molar-refractivity contribution in [3.8, 4) is 0 Å². The fourth-order valence-corrected chi connectivity index (χ4v) is 1.29. The molecule has 4 nitrogen and oxygen atoms in total. The molecule has 0 unspecified atom stereocenters. The first-order valence-electron chi connectivity index (χ1n) is 5.18. The number of anilines is 2. The van der Waals surface area contributed by atoms with Gasteiger partial charge in [-0.15, -0.1) is 0 Å². The van der Waals surface area contributed by atoms with E-state index in [4.69, 9.17) is 4.74 Å². The summed E-state index contributed by atoms with van der Waals surface area (Å²) in [7, 11) is 3.76. The second-order valence-electron chi connectivity index (χ2n) is 3.34. The molecule has 1 heterocycles. The van der Waals surface area contributed by atoms with Gasteiger partial charge in [0.1, 0.15) is 5.82 Å². The molecule has 0 amide bonds. The second kappa shape index (κ2) is 6.24. The van der Waals surface area contributed by atoms with Crippen LogP contribution >= 0.6 is 0 Å². The van der Waals surface area contributed by atoms with Crippen LogP contribution in [0.25, 0.3) is 0 Å². The van der Waals surface area contributed by atoms with Crippen LogP contribution in [-0.2, 0) is 4.74 Å². The summed E-state index contributed by atoms with van der Waals surface area (Å²) in [5.41, 5.74) is 1.15. The number of aromatic nitrogens is 1. The van der Waals surface area contributed by atoms with E-state index in [0.717, 1.165) is 31.2 Å². The Morgan fingerprint density at radius 3 is 3.00 bits per heavy atom. The zero-order valence-corrected chi connectivity index (χ0v) is 9.66. The molecule has 0 saturated heterocycles. The summed E-state index contributed by atoms with van der Waals surface area (Å²) in [6, 6.07) is 4.04. The molecule has 0 aliphatic heterocycles. The molecule has 1 aromatic rings. The van der Waals surface area contributed by atoms with E-state index in [0.29, 0.717) is 0 Å². The van der Waals surface area contributed by atoms with E-state index in [1.807, 2.05) is 25.4 Å². The maximum Gasteiger partial charge on any atom is 0.127 e. The first-order valence-corrected chi connectivity index (χ1v) is 5.18. The lowest BCUT2D eigenvalue weighted by Crippen LogP contribution is -2.22. The van der Waals surface area contributed by atoms with Gasteiger partial charge in [-0.25, -0.2) is 4.98 Å². The van der Waals surface area contributed by atoms with Crippen molar-refractivity contribution in [1.29, 1.82) is 0 Å². The number of rotatable bonds is 6. The van der Waals surface area contributed by atoms with Gasteiger partial charge in [0, 0.05) is 45.2 Å². The lowest BCUT2D eigenvalue weighted by atomic mass is 10.3. The summed E-state index contributed by atoms with van der Waals surface area (Å²) in [5, 5.41) is 3.19. The number of likely N-dealkylation sites (N-methyl/N-ethyl adjacent to an activating group) is 1. The van der Waals surface area contributed by atoms with E-state index in [2.05, 4.69) is 22.1 Å². The van der Waals surface area contributed by atoms with Crippen LogP contribution in [0.1, 0.15) is 6.92 Å². The van der Waals surface area contributed by atoms with E-state index in [9.17, 15) is 0 Å². The van der Waals surface area contributed by atoms with Crippen molar-refractivity contribution < 1.29 is 4.74 Å². The summed E-state index contributed by atoms with van der Waals surface area (Å²) in [6.07, 6.45) is 1.82. The first-order chi connectivity index (χ1) is 7.27. The molecule has 0 saturated carbocycles. The van der Waals surface area contributed by atoms with E-state index >= 15 is 0 Å². The topological polar surface area (TPSA) is 37.4 Å². The van der Waals surface area contributed by atoms with Gasteiger partial charge in [0.15, 0.2) is 0 Å². The van der Waals surface area contributed by atoms with Crippen molar-refractivity contribution in [3.05, 3.63) is 18.3 Å². The lowest BCUT2D eigenvalue weighted by Gasteiger charge is -2.19. The average molecular weight is 209 g/mol. The number of methoxy groups -OCH3 is 1. The van der Waals surface area contributed by atoms with Gasteiger partial charge in [-0.05, 0) is 13.0 Å². The molecular formula is C11H19N3O. The monoisotopic (exact) mass is 209 g/mol. The number of nitrogens with one attached hydrogen (secondary N) is 1. The van der Waals surface area contributed by atoms with E-state index < -0.39 is 0 Å². The number of hydrogen-bond acceptors (Lipinski definition) is 4. The van der Waals surface area contributed by atoms with Crippen LogP contribution < -0.4 is 10.2 Å². The van der Waals surface area contributed by atoms with E-state index in [-0.39, 0.29) is 0 Å². The van der Waals surface area contributed by atoms with Crippen molar-refractivity contribution >= 4 is 11.5 Å². The van der Waals surface area contributed by atoms with E-state index in [1.54, 1.807) is 7.11 Å². The first kappa shape index (κ1) is 11.8. The lowest BCUT2D eigenvalue weighted by molar-refractivity contribution is 0.206. The number of hydrogen-bond donors (Lipinski definition) is 1. The molecule has 0 aliphatic rings. The van der Waals surface area contributed by atoms with Gasteiger partial charge in [-0.2, -0.15) is 0 Å². The summed E-state index contributed by atoms with van der Waals surface area (Å²) < 4.78 is 5.04. The van der Waals surface area contributed by atoms with Crippen molar-refractivity contribution in [2.75, 3.05) is 44.1 Å². The molecule has 1 rings (SSSR count). The van der Waals surface area contributed by atoms with Crippen LogP contribution in [0, 0.1) is 0 Å². The minimum absolute atomic E-state index is 0.732. The molecule has 1 aromatic heterocycles. The number of pyridine rings is 1. The second-order valence-corrected chi connectivity index (χ2v) is 3.34. The fourth-order valence-electron chi connectivity index (χ4n) is 1.29. The quantitative estimate of drug-likeness (QED) is 0.772. The third-order valence-corrected chi connectivity index (χ3v) is 2.17. The molecule has 0 atom stereocenters. The summed E-state index contributed by atoms with van der Waals surface area (Å²) in [6.45, 7) is 4.56. The highest BCUT2D eigenvalue weighted by atomic mass is 16.5. The Balaban J connectivity index is 2.62. The Bertz CT molecular complexity index is 291. The van der Waals surface area contributed by atoms with Crippen LogP contribution in [0.15, 0.2) is 18.3 Å². The Morgan fingerprint density at radius 2 is 2.33 bits per heavy atom. The molecule has 4 heteroatoms. The van der Waals surface area contributed by atoms with Crippen LogP contribution in [0.5, 0.6) is 0 Å². The van der Waals surface area contributed by atoms with Gasteiger partial charge < -0.3 is 15.0 Å². The highest BCUT2D eigenvalue weighted by molar-refractivity contribution is 5.53. The molecular weight excluding hydrogens is 190 g/mol. The van der Waals surface area contributed by atoms with Crippen molar-refractivity contribution in [3.63, 3.8) is 0 Å². The smallest absolute Gasteiger partial charge is 0.127 e. The zero-order chi connectivity index (χ0) is 11.1. The van der Waals surface area contributed by atoms with Gasteiger partial charge >= 0.3 is 0 Å². The number of ether oxygens (including phenoxy) is 1. The van der Waals surface area contributed by atoms with Gasteiger partial charge in [0.25, 0.3) is 0 Å². The standard InChI is InChI=1S/C11H19N3O/c1-4-12-11-9-10(5-6-13-11)14(2)7-8-15-3/h5-6,9H,4,7-8H2,1-3H3,(H,12,13). The highest BCUT2D eigenvalue weighted by Gasteiger charge is 2.01. The third kappa shape index (κ3) is 3.75. The van der Waals surface area contributed by atoms with Gasteiger partial charge in [-0.1, -0.05) is 0 Å². The minimum atomic E-state index is 0.732. The molecule has 15 heavy (non-hydrogen) atoms. The maximum atomic E-state index is 5.04. The van der Waals surface area contributed by atoms with E-state index in [1.165, 1.54) is 0 Å². The Morgan fingerprint density at radius 1 is 1.53 bits per heavy atom. The number of nitrogens with zero attached hydrogens (tertiary/aromatic N) is 2. The maximum absolute atomic E-state index is 5.04. The van der Waals surface area contributed by atoms with Crippen LogP contribution in [-0.4, -0.2) is 38.8 Å². The van der Waals surface area contributed by atoms with Crippen LogP contribution in [0.4, 0.5) is 11.5 Å². The molecule has 1 N–H and O–H groups in total. The molecule has 0 spiro atoms. The Labute approximate surface area is 91.3 Å². The molecule has 0 aromatic carbocycles. The molecule has 0 bridgehead atoms.